The maximum atomic E-state index is 12.8. The normalized spacial score (nSPS) is 12.6. The number of halogens is 3. The number of carbonyl (C=O) groups is 2. The van der Waals surface area contributed by atoms with Gasteiger partial charge < -0.3 is 10.1 Å². The van der Waals surface area contributed by atoms with E-state index in [2.05, 4.69) is 4.74 Å². The zero-order valence-corrected chi connectivity index (χ0v) is 10.7. The van der Waals surface area contributed by atoms with Crippen molar-refractivity contribution in [3.8, 4) is 0 Å². The van der Waals surface area contributed by atoms with Gasteiger partial charge in [0.2, 0.25) is 0 Å². The van der Waals surface area contributed by atoms with E-state index < -0.39 is 30.5 Å². The van der Waals surface area contributed by atoms with Crippen molar-refractivity contribution in [2.24, 2.45) is 0 Å². The second-order valence-corrected chi connectivity index (χ2v) is 3.94. The average molecular weight is 289 g/mol. The van der Waals surface area contributed by atoms with Crippen LogP contribution >= 0.6 is 0 Å². The summed E-state index contributed by atoms with van der Waals surface area (Å²) in [5.41, 5.74) is 0.0885. The first-order valence-corrected chi connectivity index (χ1v) is 5.92. The van der Waals surface area contributed by atoms with Gasteiger partial charge in [0.1, 0.15) is 6.04 Å². The van der Waals surface area contributed by atoms with Crippen LogP contribution in [0.1, 0.15) is 23.7 Å². The van der Waals surface area contributed by atoms with Crippen LogP contribution in [0.5, 0.6) is 0 Å². The number of nitrogens with one attached hydrogen (secondary N) is 1. The zero-order valence-electron chi connectivity index (χ0n) is 10.7. The molecule has 1 aromatic carbocycles. The van der Waals surface area contributed by atoms with Crippen LogP contribution in [0.15, 0.2) is 30.3 Å². The zero-order chi connectivity index (χ0) is 15.2. The van der Waals surface area contributed by atoms with E-state index >= 15 is 0 Å². The molecule has 0 aliphatic carbocycles. The van der Waals surface area contributed by atoms with Gasteiger partial charge in [0, 0.05) is 5.56 Å². The molecule has 4 nitrogen and oxygen atoms in total. The van der Waals surface area contributed by atoms with Gasteiger partial charge in [-0.15, -0.1) is 0 Å². The molecular formula is C13H14F3NO3. The van der Waals surface area contributed by atoms with E-state index in [0.29, 0.717) is 0 Å². The molecule has 0 spiro atoms. The number of alkyl halides is 3. The molecular weight excluding hydrogens is 275 g/mol. The second-order valence-electron chi connectivity index (χ2n) is 3.94. The predicted molar refractivity (Wildman–Crippen MR) is 65.0 cm³/mol. The fourth-order valence-electron chi connectivity index (χ4n) is 1.47. The Labute approximate surface area is 113 Å². The van der Waals surface area contributed by atoms with Gasteiger partial charge in [-0.25, -0.2) is 0 Å². The Bertz CT molecular complexity index is 460. The Morgan fingerprint density at radius 3 is 2.35 bits per heavy atom. The predicted octanol–water partition coefficient (Wildman–Crippen LogP) is 2.30. The van der Waals surface area contributed by atoms with Gasteiger partial charge in [0.05, 0.1) is 13.0 Å². The van der Waals surface area contributed by atoms with E-state index in [-0.39, 0.29) is 12.2 Å². The summed E-state index contributed by atoms with van der Waals surface area (Å²) in [7, 11) is 0. The lowest BCUT2D eigenvalue weighted by atomic mass is 10.1. The minimum atomic E-state index is -4.72. The molecule has 0 radical (unpaired) electrons. The molecule has 0 unspecified atom stereocenters. The third kappa shape index (κ3) is 4.91. The first kappa shape index (κ1) is 16.0. The van der Waals surface area contributed by atoms with Gasteiger partial charge in [0.15, 0.2) is 0 Å². The molecule has 110 valence electrons. The Balaban J connectivity index is 2.75. The third-order valence-corrected chi connectivity index (χ3v) is 2.41. The van der Waals surface area contributed by atoms with E-state index in [1.165, 1.54) is 31.2 Å². The van der Waals surface area contributed by atoms with Crippen LogP contribution in [0.3, 0.4) is 0 Å². The van der Waals surface area contributed by atoms with Gasteiger partial charge in [-0.1, -0.05) is 18.2 Å². The summed E-state index contributed by atoms with van der Waals surface area (Å²) in [4.78, 5) is 22.8. The number of hydrogen-bond acceptors (Lipinski definition) is 3. The fourth-order valence-corrected chi connectivity index (χ4v) is 1.47. The van der Waals surface area contributed by atoms with E-state index in [4.69, 9.17) is 0 Å². The van der Waals surface area contributed by atoms with Crippen LogP contribution in [0.2, 0.25) is 0 Å². The van der Waals surface area contributed by atoms with E-state index in [1.807, 2.05) is 0 Å². The number of rotatable bonds is 5. The number of hydrogen-bond donors (Lipinski definition) is 1. The van der Waals surface area contributed by atoms with E-state index in [1.54, 1.807) is 11.4 Å². The lowest BCUT2D eigenvalue weighted by Crippen LogP contribution is -2.46. The standard InChI is InChI=1S/C13H14F3NO3/c1-2-20-11(18)8-10(13(14,15)16)17-12(19)9-6-4-3-5-7-9/h3-7,10H,2,8H2,1H3,(H,17,19)/t10-/m1/s1. The van der Waals surface area contributed by atoms with Crippen molar-refractivity contribution in [3.63, 3.8) is 0 Å². The number of carbonyl (C=O) groups excluding carboxylic acids is 2. The molecule has 0 aliphatic heterocycles. The Hall–Kier alpha value is -2.05. The molecule has 0 aliphatic rings. The summed E-state index contributed by atoms with van der Waals surface area (Å²) < 4.78 is 42.8. The summed E-state index contributed by atoms with van der Waals surface area (Å²) in [6, 6.07) is 5.19. The molecule has 0 saturated carbocycles. The smallest absolute Gasteiger partial charge is 0.409 e. The maximum Gasteiger partial charge on any atom is 0.409 e. The molecule has 0 bridgehead atoms. The van der Waals surface area contributed by atoms with Crippen LogP contribution in [0, 0.1) is 0 Å². The van der Waals surface area contributed by atoms with Crippen molar-refractivity contribution in [2.45, 2.75) is 25.6 Å². The minimum absolute atomic E-state index is 0.0178. The highest BCUT2D eigenvalue weighted by molar-refractivity contribution is 5.94. The molecule has 0 fully saturated rings. The maximum absolute atomic E-state index is 12.8. The van der Waals surface area contributed by atoms with Crippen molar-refractivity contribution in [2.75, 3.05) is 6.61 Å². The molecule has 20 heavy (non-hydrogen) atoms. The molecule has 1 atom stereocenters. The Morgan fingerprint density at radius 1 is 1.25 bits per heavy atom. The molecule has 0 heterocycles. The largest absolute Gasteiger partial charge is 0.466 e. The van der Waals surface area contributed by atoms with Crippen LogP contribution in [0.25, 0.3) is 0 Å². The summed E-state index contributed by atoms with van der Waals surface area (Å²) in [6.45, 7) is 1.47. The summed E-state index contributed by atoms with van der Waals surface area (Å²) in [5.74, 6) is -1.90. The summed E-state index contributed by atoms with van der Waals surface area (Å²) in [5, 5.41) is 1.80. The SMILES string of the molecule is CCOC(=O)C[C@@H](NC(=O)c1ccccc1)C(F)(F)F. The van der Waals surface area contributed by atoms with Gasteiger partial charge in [-0.3, -0.25) is 9.59 Å². The molecule has 1 rings (SSSR count). The lowest BCUT2D eigenvalue weighted by molar-refractivity contribution is -0.167. The quantitative estimate of drug-likeness (QED) is 0.846. The fraction of sp³-hybridized carbons (Fsp3) is 0.385. The van der Waals surface area contributed by atoms with Crippen LogP contribution in [0.4, 0.5) is 13.2 Å². The highest BCUT2D eigenvalue weighted by Gasteiger charge is 2.42. The molecule has 1 N–H and O–H groups in total. The van der Waals surface area contributed by atoms with Crippen LogP contribution in [-0.4, -0.2) is 30.7 Å². The molecule has 1 aromatic rings. The summed E-state index contributed by atoms with van der Waals surface area (Å²) in [6.07, 6.45) is -5.67. The molecule has 0 saturated heterocycles. The van der Waals surface area contributed by atoms with E-state index in [0.717, 1.165) is 0 Å². The number of benzene rings is 1. The summed E-state index contributed by atoms with van der Waals surface area (Å²) >= 11 is 0. The van der Waals surface area contributed by atoms with Crippen LogP contribution in [-0.2, 0) is 9.53 Å². The average Bonchev–Trinajstić information content (AvgIpc) is 2.38. The number of esters is 1. The number of amides is 1. The first-order valence-electron chi connectivity index (χ1n) is 5.92. The number of ether oxygens (including phenoxy) is 1. The van der Waals surface area contributed by atoms with Crippen LogP contribution < -0.4 is 5.32 Å². The van der Waals surface area contributed by atoms with Crippen molar-refractivity contribution in [1.82, 2.24) is 5.32 Å². The van der Waals surface area contributed by atoms with Crippen molar-refractivity contribution in [3.05, 3.63) is 35.9 Å². The third-order valence-electron chi connectivity index (χ3n) is 2.41. The van der Waals surface area contributed by atoms with Crippen molar-refractivity contribution in [1.29, 1.82) is 0 Å². The first-order chi connectivity index (χ1) is 9.34. The van der Waals surface area contributed by atoms with Gasteiger partial charge >= 0.3 is 12.1 Å². The lowest BCUT2D eigenvalue weighted by Gasteiger charge is -2.20. The molecule has 1 amide bonds. The minimum Gasteiger partial charge on any atom is -0.466 e. The highest BCUT2D eigenvalue weighted by atomic mass is 19.4. The Morgan fingerprint density at radius 2 is 1.85 bits per heavy atom. The molecule has 0 aromatic heterocycles. The highest BCUT2D eigenvalue weighted by Crippen LogP contribution is 2.23. The second kappa shape index (κ2) is 6.93. The molecule has 7 heteroatoms. The van der Waals surface area contributed by atoms with Crippen molar-refractivity contribution < 1.29 is 27.5 Å². The van der Waals surface area contributed by atoms with Gasteiger partial charge in [-0.2, -0.15) is 13.2 Å². The monoisotopic (exact) mass is 289 g/mol. The Kier molecular flexibility index (Phi) is 5.54. The van der Waals surface area contributed by atoms with E-state index in [9.17, 15) is 22.8 Å². The van der Waals surface area contributed by atoms with Gasteiger partial charge in [0.25, 0.3) is 5.91 Å². The van der Waals surface area contributed by atoms with Gasteiger partial charge in [-0.05, 0) is 19.1 Å². The topological polar surface area (TPSA) is 55.4 Å². The van der Waals surface area contributed by atoms with Crippen molar-refractivity contribution >= 4 is 11.9 Å².